The third-order valence-corrected chi connectivity index (χ3v) is 3.04. The Hall–Kier alpha value is -2.08. The first-order chi connectivity index (χ1) is 9.47. The van der Waals surface area contributed by atoms with Gasteiger partial charge < -0.3 is 20.1 Å². The number of hydrogen-bond acceptors (Lipinski definition) is 3. The van der Waals surface area contributed by atoms with Crippen LogP contribution in [-0.2, 0) is 9.53 Å². The molecule has 0 bridgehead atoms. The molecule has 6 heteroatoms. The topological polar surface area (TPSA) is 78.9 Å². The van der Waals surface area contributed by atoms with Crippen LogP contribution in [0.5, 0.6) is 0 Å². The van der Waals surface area contributed by atoms with Crippen LogP contribution < -0.4 is 5.32 Å². The third-order valence-electron chi connectivity index (χ3n) is 3.04. The number of ether oxygens (including phenoxy) is 1. The van der Waals surface area contributed by atoms with Crippen LogP contribution in [0.3, 0.4) is 0 Å². The Kier molecular flexibility index (Phi) is 5.99. The molecule has 0 fully saturated rings. The lowest BCUT2D eigenvalue weighted by Crippen LogP contribution is -2.46. The van der Waals surface area contributed by atoms with Gasteiger partial charge in [-0.2, -0.15) is 0 Å². The molecule has 1 aromatic carbocycles. The van der Waals surface area contributed by atoms with Gasteiger partial charge >= 0.3 is 12.0 Å². The molecule has 0 radical (unpaired) electrons. The van der Waals surface area contributed by atoms with Gasteiger partial charge in [0.2, 0.25) is 0 Å². The first kappa shape index (κ1) is 16.0. The molecule has 1 rings (SSSR count). The van der Waals surface area contributed by atoms with Gasteiger partial charge in [-0.25, -0.2) is 9.59 Å². The number of carbonyl (C=O) groups is 2. The van der Waals surface area contributed by atoms with Crippen molar-refractivity contribution in [1.82, 2.24) is 10.2 Å². The van der Waals surface area contributed by atoms with Crippen LogP contribution in [0.2, 0.25) is 0 Å². The molecule has 0 aliphatic heterocycles. The summed E-state index contributed by atoms with van der Waals surface area (Å²) in [6.07, 6.45) is 0. The Labute approximate surface area is 118 Å². The smallest absolute Gasteiger partial charge is 0.330 e. The maximum atomic E-state index is 12.0. The number of carboxylic acid groups (broad SMARTS) is 1. The van der Waals surface area contributed by atoms with E-state index in [9.17, 15) is 14.7 Å². The normalized spacial score (nSPS) is 13.3. The predicted octanol–water partition coefficient (Wildman–Crippen LogP) is 1.49. The second-order valence-corrected chi connectivity index (χ2v) is 4.55. The maximum Gasteiger partial charge on any atom is 0.330 e. The Morgan fingerprint density at radius 3 is 2.45 bits per heavy atom. The van der Waals surface area contributed by atoms with Crippen molar-refractivity contribution in [3.63, 3.8) is 0 Å². The van der Waals surface area contributed by atoms with Crippen molar-refractivity contribution in [2.24, 2.45) is 0 Å². The van der Waals surface area contributed by atoms with Crippen LogP contribution in [0, 0.1) is 0 Å². The van der Waals surface area contributed by atoms with Crippen molar-refractivity contribution in [2.45, 2.75) is 19.0 Å². The van der Waals surface area contributed by atoms with E-state index in [1.54, 1.807) is 44.5 Å². The molecule has 2 amide bonds. The van der Waals surface area contributed by atoms with E-state index >= 15 is 0 Å². The Morgan fingerprint density at radius 2 is 1.95 bits per heavy atom. The number of nitrogens with zero attached hydrogens (tertiary/aromatic N) is 1. The van der Waals surface area contributed by atoms with Crippen molar-refractivity contribution in [2.75, 3.05) is 20.8 Å². The third kappa shape index (κ3) is 4.24. The number of likely N-dealkylation sites (N-methyl/N-ethyl adjacent to an activating group) is 1. The molecule has 2 N–H and O–H groups in total. The minimum atomic E-state index is -1.10. The zero-order valence-corrected chi connectivity index (χ0v) is 11.9. The van der Waals surface area contributed by atoms with Crippen molar-refractivity contribution in [1.29, 1.82) is 0 Å². The summed E-state index contributed by atoms with van der Waals surface area (Å²) in [5.74, 6) is -1.10. The number of benzene rings is 1. The van der Waals surface area contributed by atoms with E-state index in [-0.39, 0.29) is 6.04 Å². The van der Waals surface area contributed by atoms with Gasteiger partial charge in [-0.3, -0.25) is 0 Å². The highest BCUT2D eigenvalue weighted by Gasteiger charge is 2.25. The van der Waals surface area contributed by atoms with Crippen molar-refractivity contribution in [3.8, 4) is 0 Å². The van der Waals surface area contributed by atoms with Gasteiger partial charge in [0.1, 0.15) is 0 Å². The molecule has 0 saturated carbocycles. The van der Waals surface area contributed by atoms with Gasteiger partial charge in [0, 0.05) is 14.2 Å². The van der Waals surface area contributed by atoms with Crippen LogP contribution >= 0.6 is 0 Å². The molecule has 20 heavy (non-hydrogen) atoms. The fourth-order valence-electron chi connectivity index (χ4n) is 1.71. The van der Waals surface area contributed by atoms with E-state index in [2.05, 4.69) is 5.32 Å². The summed E-state index contributed by atoms with van der Waals surface area (Å²) < 4.78 is 4.97. The van der Waals surface area contributed by atoms with E-state index in [4.69, 9.17) is 4.74 Å². The summed E-state index contributed by atoms with van der Waals surface area (Å²) in [5, 5.41) is 11.7. The number of nitrogens with one attached hydrogen (secondary N) is 1. The lowest BCUT2D eigenvalue weighted by molar-refractivity contribution is -0.139. The first-order valence-electron chi connectivity index (χ1n) is 6.27. The monoisotopic (exact) mass is 280 g/mol. The number of aliphatic carboxylic acids is 1. The Bertz CT molecular complexity index is 450. The minimum Gasteiger partial charge on any atom is -0.479 e. The largest absolute Gasteiger partial charge is 0.479 e. The summed E-state index contributed by atoms with van der Waals surface area (Å²) in [4.78, 5) is 24.8. The number of methoxy groups -OCH3 is 1. The standard InChI is InChI=1S/C14H20N2O4/c1-10(9-20-3)16(2)14(19)15-12(13(17)18)11-7-5-4-6-8-11/h4-8,10,12H,9H2,1-3H3,(H,15,19)(H,17,18). The molecule has 0 spiro atoms. The minimum absolute atomic E-state index is 0.148. The molecule has 2 atom stereocenters. The van der Waals surface area contributed by atoms with Gasteiger partial charge in [0.05, 0.1) is 12.6 Å². The fraction of sp³-hybridized carbons (Fsp3) is 0.429. The SMILES string of the molecule is COCC(C)N(C)C(=O)NC(C(=O)O)c1ccccc1. The number of carboxylic acids is 1. The van der Waals surface area contributed by atoms with E-state index < -0.39 is 18.0 Å². The quantitative estimate of drug-likeness (QED) is 0.827. The van der Waals surface area contributed by atoms with Gasteiger partial charge in [0.25, 0.3) is 0 Å². The van der Waals surface area contributed by atoms with Crippen LogP contribution in [0.1, 0.15) is 18.5 Å². The predicted molar refractivity (Wildman–Crippen MR) is 74.5 cm³/mol. The van der Waals surface area contributed by atoms with Crippen LogP contribution in [0.15, 0.2) is 30.3 Å². The van der Waals surface area contributed by atoms with E-state index in [0.29, 0.717) is 12.2 Å². The zero-order valence-electron chi connectivity index (χ0n) is 11.9. The van der Waals surface area contributed by atoms with Crippen molar-refractivity contribution < 1.29 is 19.4 Å². The molecule has 110 valence electrons. The number of hydrogen-bond donors (Lipinski definition) is 2. The second kappa shape index (κ2) is 7.49. The van der Waals surface area contributed by atoms with Gasteiger partial charge in [-0.1, -0.05) is 30.3 Å². The molecule has 1 aromatic rings. The van der Waals surface area contributed by atoms with E-state index in [0.717, 1.165) is 0 Å². The average Bonchev–Trinajstić information content (AvgIpc) is 2.44. The van der Waals surface area contributed by atoms with Gasteiger partial charge in [0.15, 0.2) is 6.04 Å². The summed E-state index contributed by atoms with van der Waals surface area (Å²) in [6.45, 7) is 2.20. The van der Waals surface area contributed by atoms with Crippen LogP contribution in [0.4, 0.5) is 4.79 Å². The number of carbonyl (C=O) groups excluding carboxylic acids is 1. The highest BCUT2D eigenvalue weighted by molar-refractivity contribution is 5.83. The molecule has 0 aromatic heterocycles. The number of amides is 2. The summed E-state index contributed by atoms with van der Waals surface area (Å²) >= 11 is 0. The average molecular weight is 280 g/mol. The number of urea groups is 1. The first-order valence-corrected chi connectivity index (χ1v) is 6.27. The molecule has 2 unspecified atom stereocenters. The summed E-state index contributed by atoms with van der Waals surface area (Å²) in [5.41, 5.74) is 0.529. The molecule has 0 aliphatic rings. The van der Waals surface area contributed by atoms with Crippen molar-refractivity contribution in [3.05, 3.63) is 35.9 Å². The molecule has 6 nitrogen and oxygen atoms in total. The maximum absolute atomic E-state index is 12.0. The Morgan fingerprint density at radius 1 is 1.35 bits per heavy atom. The summed E-state index contributed by atoms with van der Waals surface area (Å²) in [6, 6.07) is 6.91. The van der Waals surface area contributed by atoms with Crippen LogP contribution in [0.25, 0.3) is 0 Å². The fourth-order valence-corrected chi connectivity index (χ4v) is 1.71. The molecule has 0 heterocycles. The zero-order chi connectivity index (χ0) is 15.1. The van der Waals surface area contributed by atoms with Crippen LogP contribution in [-0.4, -0.2) is 48.8 Å². The molecule has 0 aliphatic carbocycles. The molecular formula is C14H20N2O4. The highest BCUT2D eigenvalue weighted by Crippen LogP contribution is 2.13. The highest BCUT2D eigenvalue weighted by atomic mass is 16.5. The summed E-state index contributed by atoms with van der Waals surface area (Å²) in [7, 11) is 3.15. The Balaban J connectivity index is 2.77. The molecule has 0 saturated heterocycles. The molecular weight excluding hydrogens is 260 g/mol. The lowest BCUT2D eigenvalue weighted by Gasteiger charge is -2.26. The number of rotatable bonds is 6. The van der Waals surface area contributed by atoms with E-state index in [1.165, 1.54) is 4.90 Å². The lowest BCUT2D eigenvalue weighted by atomic mass is 10.1. The van der Waals surface area contributed by atoms with Crippen molar-refractivity contribution >= 4 is 12.0 Å². The van der Waals surface area contributed by atoms with Gasteiger partial charge in [-0.15, -0.1) is 0 Å². The van der Waals surface area contributed by atoms with Gasteiger partial charge in [-0.05, 0) is 12.5 Å². The van der Waals surface area contributed by atoms with E-state index in [1.807, 2.05) is 6.92 Å². The second-order valence-electron chi connectivity index (χ2n) is 4.55.